The molecule has 0 atom stereocenters. The van der Waals surface area contributed by atoms with E-state index in [1.165, 1.54) is 0 Å². The van der Waals surface area contributed by atoms with Gasteiger partial charge in [0.05, 0.1) is 12.1 Å². The molecule has 1 aliphatic rings. The summed E-state index contributed by atoms with van der Waals surface area (Å²) < 4.78 is 1.10. The zero-order chi connectivity index (χ0) is 12.5. The molecule has 0 bridgehead atoms. The zero-order valence-corrected chi connectivity index (χ0v) is 10.5. The van der Waals surface area contributed by atoms with Crippen molar-refractivity contribution in [1.29, 1.82) is 0 Å². The van der Waals surface area contributed by atoms with Crippen molar-refractivity contribution in [2.75, 3.05) is 19.6 Å². The maximum Gasteiger partial charge on any atom is 0.255 e. The first-order valence-electron chi connectivity index (χ1n) is 5.78. The van der Waals surface area contributed by atoms with Crippen molar-refractivity contribution in [3.05, 3.63) is 35.2 Å². The van der Waals surface area contributed by atoms with Crippen LogP contribution in [0.15, 0.2) is 29.6 Å². The number of nitrogens with one attached hydrogen (secondary N) is 1. The van der Waals surface area contributed by atoms with Crippen molar-refractivity contribution >= 4 is 33.2 Å². The number of rotatable bonds is 1. The maximum atomic E-state index is 12.4. The van der Waals surface area contributed by atoms with Crippen LogP contribution in [0.4, 0.5) is 0 Å². The summed E-state index contributed by atoms with van der Waals surface area (Å²) in [6.07, 6.45) is 0. The lowest BCUT2D eigenvalue weighted by Crippen LogP contribution is -2.49. The summed E-state index contributed by atoms with van der Waals surface area (Å²) in [6.45, 7) is 1.27. The summed E-state index contributed by atoms with van der Waals surface area (Å²) in [5.74, 6) is -0.142. The molecule has 18 heavy (non-hydrogen) atoms. The molecule has 5 heteroatoms. The second-order valence-corrected chi connectivity index (χ2v) is 5.13. The number of hydrogen-bond acceptors (Lipinski definition) is 3. The first-order chi connectivity index (χ1) is 8.75. The van der Waals surface area contributed by atoms with E-state index >= 15 is 0 Å². The number of piperazine rings is 1. The Kier molecular flexibility index (Phi) is 2.76. The smallest absolute Gasteiger partial charge is 0.255 e. The molecule has 2 aromatic rings. The lowest BCUT2D eigenvalue weighted by molar-refractivity contribution is -0.123. The molecule has 1 aromatic heterocycles. The highest BCUT2D eigenvalue weighted by molar-refractivity contribution is 7.17. The van der Waals surface area contributed by atoms with Gasteiger partial charge < -0.3 is 10.2 Å². The second-order valence-electron chi connectivity index (χ2n) is 4.22. The van der Waals surface area contributed by atoms with E-state index in [2.05, 4.69) is 5.32 Å². The van der Waals surface area contributed by atoms with Gasteiger partial charge in [-0.2, -0.15) is 0 Å². The predicted molar refractivity (Wildman–Crippen MR) is 70.7 cm³/mol. The van der Waals surface area contributed by atoms with Crippen molar-refractivity contribution in [3.63, 3.8) is 0 Å². The monoisotopic (exact) mass is 260 g/mol. The van der Waals surface area contributed by atoms with E-state index in [4.69, 9.17) is 0 Å². The Morgan fingerprint density at radius 1 is 1.33 bits per heavy atom. The summed E-state index contributed by atoms with van der Waals surface area (Å²) in [5.41, 5.74) is 0.699. The number of thiophene rings is 1. The molecule has 1 fully saturated rings. The molecule has 0 radical (unpaired) electrons. The molecule has 92 valence electrons. The number of amides is 2. The fourth-order valence-electron chi connectivity index (χ4n) is 2.13. The van der Waals surface area contributed by atoms with E-state index in [1.54, 1.807) is 16.2 Å². The van der Waals surface area contributed by atoms with Gasteiger partial charge in [-0.25, -0.2) is 0 Å². The van der Waals surface area contributed by atoms with E-state index < -0.39 is 0 Å². The fraction of sp³-hybridized carbons (Fsp3) is 0.231. The van der Waals surface area contributed by atoms with Crippen molar-refractivity contribution in [1.82, 2.24) is 10.2 Å². The van der Waals surface area contributed by atoms with E-state index in [1.807, 2.05) is 29.6 Å². The Balaban J connectivity index is 1.94. The maximum absolute atomic E-state index is 12.4. The first-order valence-corrected chi connectivity index (χ1v) is 6.66. The lowest BCUT2D eigenvalue weighted by Gasteiger charge is -2.26. The van der Waals surface area contributed by atoms with E-state index in [0.717, 1.165) is 10.1 Å². The third-order valence-electron chi connectivity index (χ3n) is 3.04. The Morgan fingerprint density at radius 2 is 2.17 bits per heavy atom. The van der Waals surface area contributed by atoms with Crippen LogP contribution in [0.1, 0.15) is 10.4 Å². The summed E-state index contributed by atoms with van der Waals surface area (Å²) in [5, 5.41) is 5.56. The quantitative estimate of drug-likeness (QED) is 0.844. The third-order valence-corrected chi connectivity index (χ3v) is 4.00. The van der Waals surface area contributed by atoms with Crippen LogP contribution in [-0.4, -0.2) is 36.3 Å². The van der Waals surface area contributed by atoms with Crippen molar-refractivity contribution < 1.29 is 9.59 Å². The minimum atomic E-state index is -0.0888. The van der Waals surface area contributed by atoms with Crippen LogP contribution in [0.2, 0.25) is 0 Å². The van der Waals surface area contributed by atoms with Gasteiger partial charge in [-0.15, -0.1) is 11.3 Å². The highest BCUT2D eigenvalue weighted by Gasteiger charge is 2.23. The molecule has 1 saturated heterocycles. The molecule has 2 amide bonds. The van der Waals surface area contributed by atoms with Gasteiger partial charge in [-0.3, -0.25) is 9.59 Å². The minimum absolute atomic E-state index is 0.0534. The van der Waals surface area contributed by atoms with E-state index in [0.29, 0.717) is 18.7 Å². The number of benzene rings is 1. The van der Waals surface area contributed by atoms with Gasteiger partial charge in [0.25, 0.3) is 5.91 Å². The molecule has 1 N–H and O–H groups in total. The number of carbonyl (C=O) groups is 2. The van der Waals surface area contributed by atoms with Crippen molar-refractivity contribution in [2.24, 2.45) is 0 Å². The highest BCUT2D eigenvalue weighted by Crippen LogP contribution is 2.26. The Labute approximate surface area is 108 Å². The molecular formula is C13H12N2O2S. The van der Waals surface area contributed by atoms with E-state index in [9.17, 15) is 9.59 Å². The summed E-state index contributed by atoms with van der Waals surface area (Å²) in [4.78, 5) is 25.3. The van der Waals surface area contributed by atoms with Crippen LogP contribution in [0.3, 0.4) is 0 Å². The van der Waals surface area contributed by atoms with Crippen LogP contribution < -0.4 is 5.32 Å². The average Bonchev–Trinajstić information content (AvgIpc) is 2.82. The fourth-order valence-corrected chi connectivity index (χ4v) is 3.06. The molecule has 1 aliphatic heterocycles. The molecule has 0 unspecified atom stereocenters. The van der Waals surface area contributed by atoms with Gasteiger partial charge in [0.2, 0.25) is 5.91 Å². The van der Waals surface area contributed by atoms with Gasteiger partial charge in [0, 0.05) is 28.6 Å². The van der Waals surface area contributed by atoms with E-state index in [-0.39, 0.29) is 18.4 Å². The molecule has 0 saturated carbocycles. The Hall–Kier alpha value is -1.88. The van der Waals surface area contributed by atoms with Crippen LogP contribution >= 0.6 is 11.3 Å². The summed E-state index contributed by atoms with van der Waals surface area (Å²) in [7, 11) is 0. The molecule has 4 nitrogen and oxygen atoms in total. The summed E-state index contributed by atoms with van der Waals surface area (Å²) in [6, 6.07) is 7.83. The van der Waals surface area contributed by atoms with Gasteiger partial charge in [-0.1, -0.05) is 18.2 Å². The number of nitrogens with zero attached hydrogens (tertiary/aromatic N) is 1. The average molecular weight is 260 g/mol. The van der Waals surface area contributed by atoms with Crippen molar-refractivity contribution in [2.45, 2.75) is 0 Å². The van der Waals surface area contributed by atoms with Gasteiger partial charge >= 0.3 is 0 Å². The molecular weight excluding hydrogens is 248 g/mol. The van der Waals surface area contributed by atoms with Gasteiger partial charge in [-0.05, 0) is 6.07 Å². The largest absolute Gasteiger partial charge is 0.353 e. The number of carbonyl (C=O) groups excluding carboxylic acids is 2. The first kappa shape index (κ1) is 11.2. The molecule has 0 spiro atoms. The minimum Gasteiger partial charge on any atom is -0.353 e. The Bertz CT molecular complexity index is 620. The van der Waals surface area contributed by atoms with Gasteiger partial charge in [0.15, 0.2) is 0 Å². The molecule has 2 heterocycles. The SMILES string of the molecule is O=C1CN(C(=O)c2csc3ccccc23)CCN1. The van der Waals surface area contributed by atoms with Crippen LogP contribution in [0.5, 0.6) is 0 Å². The topological polar surface area (TPSA) is 49.4 Å². The second kappa shape index (κ2) is 4.42. The van der Waals surface area contributed by atoms with Gasteiger partial charge in [0.1, 0.15) is 0 Å². The molecule has 3 rings (SSSR count). The van der Waals surface area contributed by atoms with Crippen LogP contribution in [-0.2, 0) is 4.79 Å². The normalized spacial score (nSPS) is 15.8. The standard InChI is InChI=1S/C13H12N2O2S/c16-12-7-15(6-5-14-12)13(17)10-8-18-11-4-2-1-3-9(10)11/h1-4,8H,5-7H2,(H,14,16). The third kappa shape index (κ3) is 1.86. The Morgan fingerprint density at radius 3 is 3.00 bits per heavy atom. The lowest BCUT2D eigenvalue weighted by atomic mass is 10.1. The summed E-state index contributed by atoms with van der Waals surface area (Å²) >= 11 is 1.56. The van der Waals surface area contributed by atoms with Crippen molar-refractivity contribution in [3.8, 4) is 0 Å². The van der Waals surface area contributed by atoms with Crippen LogP contribution in [0, 0.1) is 0 Å². The van der Waals surface area contributed by atoms with Crippen LogP contribution in [0.25, 0.3) is 10.1 Å². The predicted octanol–water partition coefficient (Wildman–Crippen LogP) is 1.47. The zero-order valence-electron chi connectivity index (χ0n) is 9.68. The highest BCUT2D eigenvalue weighted by atomic mass is 32.1. The molecule has 0 aliphatic carbocycles. The molecule has 1 aromatic carbocycles. The number of fused-ring (bicyclic) bond motifs is 1. The number of hydrogen-bond donors (Lipinski definition) is 1.